The van der Waals surface area contributed by atoms with E-state index >= 15 is 8.78 Å². The van der Waals surface area contributed by atoms with Gasteiger partial charge in [-0.2, -0.15) is 0 Å². The van der Waals surface area contributed by atoms with E-state index in [1.807, 2.05) is 35.6 Å². The standard InChI is InChI=1S/C27H33F2NO7/c1-3-21-17(2)23(35-15-18-10-6-4-7-11-18)22(31)24(37-21)27(28,29)14-20(25(32)33)30-26(34)36-16-19-12-8-5-9-13-19/h4-13,17,20-24,31H,3,14-16H2,1-2H3,(H,30,34)(H,32,33)/t17-,20?,21+,22+,23-,24-/m0/s1. The first-order valence-corrected chi connectivity index (χ1v) is 12.2. The van der Waals surface area contributed by atoms with Crippen LogP contribution in [0.4, 0.5) is 13.6 Å². The zero-order chi connectivity index (χ0) is 27.0. The Morgan fingerprint density at radius 2 is 1.62 bits per heavy atom. The second kappa shape index (κ2) is 12.9. The SMILES string of the molecule is CC[C@H]1O[C@H](C(F)(F)CC(NC(=O)OCc2ccccc2)C(=O)O)[C@H](O)[C@@H](OCc2ccccc2)[C@H]1C. The van der Waals surface area contributed by atoms with Crippen LogP contribution in [-0.4, -0.2) is 58.7 Å². The molecule has 8 nitrogen and oxygen atoms in total. The molecule has 10 heteroatoms. The number of hydrogen-bond donors (Lipinski definition) is 3. The highest BCUT2D eigenvalue weighted by Crippen LogP contribution is 2.39. The van der Waals surface area contributed by atoms with Crippen molar-refractivity contribution in [3.05, 3.63) is 71.8 Å². The van der Waals surface area contributed by atoms with Gasteiger partial charge in [-0.25, -0.2) is 18.4 Å². The first-order valence-electron chi connectivity index (χ1n) is 12.2. The zero-order valence-electron chi connectivity index (χ0n) is 20.8. The largest absolute Gasteiger partial charge is 0.480 e. The fourth-order valence-electron chi connectivity index (χ4n) is 4.42. The van der Waals surface area contributed by atoms with Crippen molar-refractivity contribution in [3.8, 4) is 0 Å². The van der Waals surface area contributed by atoms with Crippen molar-refractivity contribution < 1.29 is 42.8 Å². The Kier molecular flexibility index (Phi) is 9.96. The van der Waals surface area contributed by atoms with Crippen molar-refractivity contribution >= 4 is 12.1 Å². The maximum atomic E-state index is 15.4. The molecular formula is C27H33F2NO7. The van der Waals surface area contributed by atoms with Crippen molar-refractivity contribution in [2.24, 2.45) is 5.92 Å². The zero-order valence-corrected chi connectivity index (χ0v) is 20.8. The first-order chi connectivity index (χ1) is 17.6. The number of carbonyl (C=O) groups excluding carboxylic acids is 1. The van der Waals surface area contributed by atoms with Crippen molar-refractivity contribution in [2.45, 2.75) is 76.3 Å². The third-order valence-corrected chi connectivity index (χ3v) is 6.46. The van der Waals surface area contributed by atoms with Gasteiger partial charge in [-0.1, -0.05) is 74.5 Å². The van der Waals surface area contributed by atoms with Gasteiger partial charge in [-0.3, -0.25) is 0 Å². The highest BCUT2D eigenvalue weighted by atomic mass is 19.3. The molecule has 0 aliphatic carbocycles. The number of alkyl carbamates (subject to hydrolysis) is 1. The molecule has 6 atom stereocenters. The molecule has 37 heavy (non-hydrogen) atoms. The maximum absolute atomic E-state index is 15.4. The van der Waals surface area contributed by atoms with E-state index in [4.69, 9.17) is 14.2 Å². The molecule has 2 aromatic carbocycles. The molecule has 1 unspecified atom stereocenters. The molecular weight excluding hydrogens is 488 g/mol. The monoisotopic (exact) mass is 521 g/mol. The minimum absolute atomic E-state index is 0.105. The van der Waals surface area contributed by atoms with Crippen LogP contribution in [-0.2, 0) is 32.2 Å². The van der Waals surface area contributed by atoms with Crippen LogP contribution in [0.25, 0.3) is 0 Å². The molecule has 0 bridgehead atoms. The van der Waals surface area contributed by atoms with Gasteiger partial charge in [0.2, 0.25) is 0 Å². The van der Waals surface area contributed by atoms with E-state index < -0.39 is 60.8 Å². The van der Waals surface area contributed by atoms with Crippen molar-refractivity contribution in [2.75, 3.05) is 0 Å². The summed E-state index contributed by atoms with van der Waals surface area (Å²) in [6, 6.07) is 15.8. The van der Waals surface area contributed by atoms with Crippen molar-refractivity contribution in [1.29, 1.82) is 0 Å². The Morgan fingerprint density at radius 1 is 1.05 bits per heavy atom. The number of aliphatic hydroxyl groups is 1. The van der Waals surface area contributed by atoms with Crippen LogP contribution in [0.15, 0.2) is 60.7 Å². The van der Waals surface area contributed by atoms with E-state index in [0.29, 0.717) is 12.0 Å². The van der Waals surface area contributed by atoms with Gasteiger partial charge in [-0.05, 0) is 17.5 Å². The summed E-state index contributed by atoms with van der Waals surface area (Å²) in [5.74, 6) is -5.87. The highest BCUT2D eigenvalue weighted by molar-refractivity contribution is 5.80. The molecule has 202 valence electrons. The van der Waals surface area contributed by atoms with Crippen molar-refractivity contribution in [1.82, 2.24) is 5.32 Å². The van der Waals surface area contributed by atoms with E-state index in [0.717, 1.165) is 5.56 Å². The highest BCUT2D eigenvalue weighted by Gasteiger charge is 2.55. The fourth-order valence-corrected chi connectivity index (χ4v) is 4.42. The first kappa shape index (κ1) is 28.5. The predicted octanol–water partition coefficient (Wildman–Crippen LogP) is 4.15. The number of carboxylic acid groups (broad SMARTS) is 1. The Labute approximate surface area is 214 Å². The number of aliphatic hydroxyl groups excluding tert-OH is 1. The van der Waals surface area contributed by atoms with Gasteiger partial charge < -0.3 is 29.7 Å². The number of hydrogen-bond acceptors (Lipinski definition) is 6. The van der Waals surface area contributed by atoms with Gasteiger partial charge in [0.05, 0.1) is 18.8 Å². The molecule has 3 rings (SSSR count). The molecule has 1 fully saturated rings. The minimum Gasteiger partial charge on any atom is -0.480 e. The van der Waals surface area contributed by atoms with Crippen LogP contribution in [0.2, 0.25) is 0 Å². The summed E-state index contributed by atoms with van der Waals surface area (Å²) in [5, 5.41) is 22.4. The third-order valence-electron chi connectivity index (χ3n) is 6.46. The maximum Gasteiger partial charge on any atom is 0.408 e. The average molecular weight is 522 g/mol. The second-order valence-corrected chi connectivity index (χ2v) is 9.18. The molecule has 1 aliphatic heterocycles. The number of nitrogens with one attached hydrogen (secondary N) is 1. The van der Waals surface area contributed by atoms with Crippen LogP contribution in [0, 0.1) is 5.92 Å². The Morgan fingerprint density at radius 3 is 2.16 bits per heavy atom. The van der Waals surface area contributed by atoms with Gasteiger partial charge in [0.15, 0.2) is 0 Å². The minimum atomic E-state index is -3.81. The molecule has 0 spiro atoms. The lowest BCUT2D eigenvalue weighted by molar-refractivity contribution is -0.273. The van der Waals surface area contributed by atoms with Crippen molar-refractivity contribution in [3.63, 3.8) is 0 Å². The fraction of sp³-hybridized carbons (Fsp3) is 0.481. The molecule has 0 saturated carbocycles. The molecule has 1 aliphatic rings. The number of carboxylic acids is 1. The number of carbonyl (C=O) groups is 2. The summed E-state index contributed by atoms with van der Waals surface area (Å²) in [4.78, 5) is 23.8. The Hall–Kier alpha value is -3.08. The van der Waals surface area contributed by atoms with Crippen LogP contribution in [0.5, 0.6) is 0 Å². The summed E-state index contributed by atoms with van der Waals surface area (Å²) >= 11 is 0. The lowest BCUT2D eigenvalue weighted by Gasteiger charge is -2.46. The van der Waals surface area contributed by atoms with E-state index in [9.17, 15) is 19.8 Å². The molecule has 0 aromatic heterocycles. The van der Waals surface area contributed by atoms with Gasteiger partial charge >= 0.3 is 12.1 Å². The Bertz CT molecular complexity index is 1010. The van der Waals surface area contributed by atoms with E-state index in [1.165, 1.54) is 0 Å². The smallest absolute Gasteiger partial charge is 0.408 e. The van der Waals surface area contributed by atoms with Crippen LogP contribution in [0.1, 0.15) is 37.8 Å². The number of amides is 1. The van der Waals surface area contributed by atoms with Crippen LogP contribution in [0.3, 0.4) is 0 Å². The number of benzene rings is 2. The van der Waals surface area contributed by atoms with E-state index in [-0.39, 0.29) is 13.2 Å². The molecule has 1 amide bonds. The summed E-state index contributed by atoms with van der Waals surface area (Å²) in [6.45, 7) is 3.48. The molecule has 1 heterocycles. The second-order valence-electron chi connectivity index (χ2n) is 9.18. The summed E-state index contributed by atoms with van der Waals surface area (Å²) in [6.07, 6.45) is -7.44. The Balaban J connectivity index is 1.68. The van der Waals surface area contributed by atoms with Crippen LogP contribution < -0.4 is 5.32 Å². The summed E-state index contributed by atoms with van der Waals surface area (Å²) in [5.41, 5.74) is 1.46. The molecule has 3 N–H and O–H groups in total. The van der Waals surface area contributed by atoms with Gasteiger partial charge in [0, 0.05) is 12.3 Å². The number of rotatable bonds is 11. The average Bonchev–Trinajstić information content (AvgIpc) is 2.88. The number of ether oxygens (including phenoxy) is 3. The van der Waals surface area contributed by atoms with Gasteiger partial charge in [0.25, 0.3) is 5.92 Å². The van der Waals surface area contributed by atoms with Crippen LogP contribution >= 0.6 is 0 Å². The predicted molar refractivity (Wildman–Crippen MR) is 130 cm³/mol. The molecule has 1 saturated heterocycles. The van der Waals surface area contributed by atoms with Gasteiger partial charge in [-0.15, -0.1) is 0 Å². The lowest BCUT2D eigenvalue weighted by Crippen LogP contribution is -2.61. The number of aliphatic carboxylic acids is 1. The van der Waals surface area contributed by atoms with E-state index in [1.54, 1.807) is 44.2 Å². The molecule has 0 radical (unpaired) electrons. The number of halogens is 2. The topological polar surface area (TPSA) is 114 Å². The normalized spacial score (nSPS) is 24.7. The summed E-state index contributed by atoms with van der Waals surface area (Å²) < 4.78 is 47.3. The number of alkyl halides is 2. The quantitative estimate of drug-likeness (QED) is 0.407. The third kappa shape index (κ3) is 7.70. The van der Waals surface area contributed by atoms with Gasteiger partial charge in [0.1, 0.15) is 24.9 Å². The summed E-state index contributed by atoms with van der Waals surface area (Å²) in [7, 11) is 0. The molecule has 2 aromatic rings. The van der Waals surface area contributed by atoms with E-state index in [2.05, 4.69) is 0 Å². The lowest BCUT2D eigenvalue weighted by atomic mass is 9.83.